The van der Waals surface area contributed by atoms with Crippen LogP contribution in [-0.4, -0.2) is 42.1 Å². The molecule has 1 aliphatic heterocycles. The molecule has 7 heteroatoms. The van der Waals surface area contributed by atoms with E-state index in [0.29, 0.717) is 40.3 Å². The van der Waals surface area contributed by atoms with E-state index < -0.39 is 0 Å². The van der Waals surface area contributed by atoms with Crippen LogP contribution in [0.5, 0.6) is 0 Å². The predicted octanol–water partition coefficient (Wildman–Crippen LogP) is 4.04. The van der Waals surface area contributed by atoms with Crippen molar-refractivity contribution in [2.45, 2.75) is 0 Å². The fraction of sp³-hybridized carbons (Fsp3) is 0.235. The van der Waals surface area contributed by atoms with Crippen molar-refractivity contribution >= 4 is 45.7 Å². The molecule has 0 spiro atoms. The van der Waals surface area contributed by atoms with Crippen molar-refractivity contribution in [2.24, 2.45) is 5.16 Å². The van der Waals surface area contributed by atoms with Gasteiger partial charge in [0.15, 0.2) is 5.84 Å². The van der Waals surface area contributed by atoms with Crippen molar-refractivity contribution in [1.29, 1.82) is 0 Å². The average Bonchev–Trinajstić information content (AvgIpc) is 2.59. The molecule has 0 amide bonds. The molecule has 3 rings (SSSR count). The number of rotatable bonds is 2. The van der Waals surface area contributed by atoms with E-state index in [-0.39, 0.29) is 11.7 Å². The highest BCUT2D eigenvalue weighted by Gasteiger charge is 2.25. The minimum Gasteiger partial charge on any atom is -0.409 e. The number of para-hydroxylation sites is 1. The second-order valence-corrected chi connectivity index (χ2v) is 7.02. The fourth-order valence-electron chi connectivity index (χ4n) is 2.85. The Balaban J connectivity index is 1.77. The highest BCUT2D eigenvalue weighted by molar-refractivity contribution is 14.1. The van der Waals surface area contributed by atoms with Crippen molar-refractivity contribution in [1.82, 2.24) is 4.90 Å². The largest absolute Gasteiger partial charge is 0.409 e. The molecule has 0 atom stereocenters. The van der Waals surface area contributed by atoms with Crippen LogP contribution in [0.15, 0.2) is 47.6 Å². The van der Waals surface area contributed by atoms with E-state index in [9.17, 15) is 9.60 Å². The molecular weight excluding hydrogens is 444 g/mol. The minimum absolute atomic E-state index is 0.274. The first-order chi connectivity index (χ1) is 11.6. The molecule has 1 N–H and O–H groups in total. The van der Waals surface area contributed by atoms with Crippen LogP contribution in [-0.2, 0) is 0 Å². The second-order valence-electron chi connectivity index (χ2n) is 5.45. The Morgan fingerprint density at radius 2 is 1.79 bits per heavy atom. The van der Waals surface area contributed by atoms with Gasteiger partial charge in [0.25, 0.3) is 0 Å². The van der Waals surface area contributed by atoms with E-state index >= 15 is 0 Å². The summed E-state index contributed by atoms with van der Waals surface area (Å²) in [5, 5.41) is 13.5. The maximum absolute atomic E-state index is 14.2. The van der Waals surface area contributed by atoms with Crippen LogP contribution in [0.2, 0.25) is 5.02 Å². The van der Waals surface area contributed by atoms with Crippen molar-refractivity contribution in [2.75, 3.05) is 31.1 Å². The van der Waals surface area contributed by atoms with Crippen molar-refractivity contribution in [3.8, 4) is 0 Å². The summed E-state index contributed by atoms with van der Waals surface area (Å²) in [5.74, 6) is -0.112. The Morgan fingerprint density at radius 3 is 2.42 bits per heavy atom. The van der Waals surface area contributed by atoms with E-state index in [1.807, 2.05) is 29.2 Å². The Labute approximate surface area is 158 Å². The van der Waals surface area contributed by atoms with Gasteiger partial charge in [0.2, 0.25) is 0 Å². The first kappa shape index (κ1) is 17.3. The lowest BCUT2D eigenvalue weighted by Gasteiger charge is -2.37. The monoisotopic (exact) mass is 459 g/mol. The minimum atomic E-state index is -0.386. The lowest BCUT2D eigenvalue weighted by atomic mass is 10.1. The van der Waals surface area contributed by atoms with E-state index in [4.69, 9.17) is 11.6 Å². The number of hydrogen-bond acceptors (Lipinski definition) is 3. The van der Waals surface area contributed by atoms with Gasteiger partial charge >= 0.3 is 0 Å². The third kappa shape index (κ3) is 3.44. The van der Waals surface area contributed by atoms with Crippen LogP contribution in [0.25, 0.3) is 0 Å². The Bertz CT molecular complexity index is 743. The number of nitrogens with zero attached hydrogens (tertiary/aromatic N) is 3. The van der Waals surface area contributed by atoms with Gasteiger partial charge in [-0.15, -0.1) is 0 Å². The smallest absolute Gasteiger partial charge is 0.179 e. The third-order valence-electron chi connectivity index (χ3n) is 4.05. The molecule has 0 saturated carbocycles. The molecule has 126 valence electrons. The average molecular weight is 460 g/mol. The standard InChI is InChI=1S/C17H16ClFIN3O/c18-12-4-1-2-7-15(12)22-8-10-23(11-9-22)17(21-24)16-13(19)5-3-6-14(16)20/h1-7,24H,8-11H2. The molecule has 1 fully saturated rings. The zero-order valence-corrected chi connectivity index (χ0v) is 15.7. The highest BCUT2D eigenvalue weighted by Crippen LogP contribution is 2.27. The van der Waals surface area contributed by atoms with Crippen molar-refractivity contribution < 1.29 is 9.60 Å². The highest BCUT2D eigenvalue weighted by atomic mass is 127. The van der Waals surface area contributed by atoms with E-state index in [1.165, 1.54) is 6.07 Å². The normalized spacial score (nSPS) is 15.7. The third-order valence-corrected chi connectivity index (χ3v) is 5.27. The van der Waals surface area contributed by atoms with Gasteiger partial charge in [0.1, 0.15) is 5.82 Å². The van der Waals surface area contributed by atoms with Crippen LogP contribution >= 0.6 is 34.2 Å². The summed E-state index contributed by atoms with van der Waals surface area (Å²) in [6.45, 7) is 2.67. The van der Waals surface area contributed by atoms with E-state index in [0.717, 1.165) is 5.69 Å². The van der Waals surface area contributed by atoms with Gasteiger partial charge in [0, 0.05) is 29.7 Å². The van der Waals surface area contributed by atoms with Crippen LogP contribution in [0, 0.1) is 9.39 Å². The summed E-state index contributed by atoms with van der Waals surface area (Å²) in [6, 6.07) is 12.5. The van der Waals surface area contributed by atoms with E-state index in [1.54, 1.807) is 12.1 Å². The summed E-state index contributed by atoms with van der Waals surface area (Å²) < 4.78 is 14.9. The van der Waals surface area contributed by atoms with Gasteiger partial charge in [-0.1, -0.05) is 35.0 Å². The molecule has 24 heavy (non-hydrogen) atoms. The molecule has 4 nitrogen and oxygen atoms in total. The summed E-state index contributed by atoms with van der Waals surface area (Å²) in [6.07, 6.45) is 0. The summed E-state index contributed by atoms with van der Waals surface area (Å²) in [4.78, 5) is 4.08. The maximum Gasteiger partial charge on any atom is 0.179 e. The summed E-state index contributed by atoms with van der Waals surface area (Å²) >= 11 is 8.30. The number of hydrogen-bond donors (Lipinski definition) is 1. The molecule has 1 aliphatic rings. The molecule has 0 bridgehead atoms. The summed E-state index contributed by atoms with van der Waals surface area (Å²) in [5.41, 5.74) is 1.33. The van der Waals surface area contributed by atoms with Crippen LogP contribution < -0.4 is 4.90 Å². The van der Waals surface area contributed by atoms with Crippen molar-refractivity contribution in [3.05, 3.63) is 62.4 Å². The number of benzene rings is 2. The first-order valence-corrected chi connectivity index (χ1v) is 8.98. The second kappa shape index (κ2) is 7.57. The van der Waals surface area contributed by atoms with Gasteiger partial charge < -0.3 is 15.0 Å². The SMILES string of the molecule is ON=C(c1c(F)cccc1I)N1CCN(c2ccccc2Cl)CC1. The molecule has 2 aromatic carbocycles. The molecule has 0 aliphatic carbocycles. The van der Waals surface area contributed by atoms with Gasteiger partial charge in [-0.05, 0) is 46.9 Å². The van der Waals surface area contributed by atoms with Gasteiger partial charge in [-0.3, -0.25) is 0 Å². The van der Waals surface area contributed by atoms with Crippen molar-refractivity contribution in [3.63, 3.8) is 0 Å². The zero-order valence-electron chi connectivity index (χ0n) is 12.8. The number of halogens is 3. The van der Waals surface area contributed by atoms with Crippen LogP contribution in [0.3, 0.4) is 0 Å². The first-order valence-electron chi connectivity index (χ1n) is 7.52. The Morgan fingerprint density at radius 1 is 1.08 bits per heavy atom. The molecule has 0 radical (unpaired) electrons. The Kier molecular flexibility index (Phi) is 5.45. The van der Waals surface area contributed by atoms with Crippen LogP contribution in [0.1, 0.15) is 5.56 Å². The van der Waals surface area contributed by atoms with Gasteiger partial charge in [0.05, 0.1) is 16.3 Å². The molecule has 1 saturated heterocycles. The molecule has 0 unspecified atom stereocenters. The Hall–Kier alpha value is -1.54. The topological polar surface area (TPSA) is 39.1 Å². The van der Waals surface area contributed by atoms with Gasteiger partial charge in [-0.2, -0.15) is 0 Å². The zero-order chi connectivity index (χ0) is 17.1. The number of oxime groups is 1. The summed E-state index contributed by atoms with van der Waals surface area (Å²) in [7, 11) is 0. The molecule has 0 aromatic heterocycles. The fourth-order valence-corrected chi connectivity index (χ4v) is 3.81. The number of amidine groups is 1. The lowest BCUT2D eigenvalue weighted by molar-refractivity contribution is 0.295. The van der Waals surface area contributed by atoms with E-state index in [2.05, 4.69) is 32.6 Å². The maximum atomic E-state index is 14.2. The number of anilines is 1. The lowest BCUT2D eigenvalue weighted by Crippen LogP contribution is -2.49. The number of piperazine rings is 1. The van der Waals surface area contributed by atoms with Crippen LogP contribution in [0.4, 0.5) is 10.1 Å². The molecule has 1 heterocycles. The quantitative estimate of drug-likeness (QED) is 0.242. The molecular formula is C17H16ClFIN3O. The van der Waals surface area contributed by atoms with Gasteiger partial charge in [-0.25, -0.2) is 4.39 Å². The molecule has 2 aromatic rings. The predicted molar refractivity (Wildman–Crippen MR) is 103 cm³/mol.